The molecule has 10 heteroatoms. The minimum atomic E-state index is -6.05. The van der Waals surface area contributed by atoms with Gasteiger partial charge in [0.15, 0.2) is 0 Å². The van der Waals surface area contributed by atoms with E-state index in [2.05, 4.69) is 0 Å². The molecule has 0 aliphatic carbocycles. The summed E-state index contributed by atoms with van der Waals surface area (Å²) in [5, 5.41) is 9.41. The Kier molecular flexibility index (Phi) is 5.43. The highest BCUT2D eigenvalue weighted by Gasteiger charge is 2.73. The smallest absolute Gasteiger partial charge is 0.433 e. The third-order valence-corrected chi connectivity index (χ3v) is 4.58. The summed E-state index contributed by atoms with van der Waals surface area (Å²) >= 11 is 0. The van der Waals surface area contributed by atoms with Crippen LogP contribution in [-0.4, -0.2) is 11.3 Å². The SMILES string of the molecule is Nc1ccc(Oc2ccccc2C(F)(F)C(F)(c2ccc(O)c(N)c2)C(F)(F)F)cc1. The van der Waals surface area contributed by atoms with E-state index in [4.69, 9.17) is 16.2 Å². The molecule has 5 N–H and O–H groups in total. The summed E-state index contributed by atoms with van der Waals surface area (Å²) in [6.07, 6.45) is -6.05. The maximum absolute atomic E-state index is 15.5. The third-order valence-electron chi connectivity index (χ3n) is 4.58. The number of para-hydroxylation sites is 1. The van der Waals surface area contributed by atoms with Gasteiger partial charge >= 0.3 is 12.1 Å². The van der Waals surface area contributed by atoms with Crippen molar-refractivity contribution in [3.8, 4) is 17.2 Å². The van der Waals surface area contributed by atoms with E-state index in [1.807, 2.05) is 0 Å². The van der Waals surface area contributed by atoms with Gasteiger partial charge in [0.2, 0.25) is 0 Å². The maximum Gasteiger partial charge on any atom is 0.433 e. The molecule has 0 aliphatic rings. The highest BCUT2D eigenvalue weighted by molar-refractivity contribution is 5.56. The lowest BCUT2D eigenvalue weighted by molar-refractivity contribution is -0.314. The second kappa shape index (κ2) is 7.60. The molecular weight excluding hydrogens is 426 g/mol. The van der Waals surface area contributed by atoms with Crippen LogP contribution in [0.5, 0.6) is 17.2 Å². The summed E-state index contributed by atoms with van der Waals surface area (Å²) in [7, 11) is 0. The number of ether oxygens (including phenoxy) is 1. The van der Waals surface area contributed by atoms with E-state index >= 15 is 13.2 Å². The zero-order chi connectivity index (χ0) is 23.0. The van der Waals surface area contributed by atoms with Crippen molar-refractivity contribution < 1.29 is 36.2 Å². The number of rotatable bonds is 5. The Morgan fingerprint density at radius 2 is 1.39 bits per heavy atom. The minimum absolute atomic E-state index is 0.00259. The van der Waals surface area contributed by atoms with E-state index in [1.54, 1.807) is 0 Å². The first kappa shape index (κ1) is 22.1. The number of halogens is 6. The second-order valence-corrected chi connectivity index (χ2v) is 6.67. The molecule has 164 valence electrons. The van der Waals surface area contributed by atoms with Crippen molar-refractivity contribution in [1.29, 1.82) is 0 Å². The van der Waals surface area contributed by atoms with Crippen molar-refractivity contribution in [3.05, 3.63) is 77.9 Å². The van der Waals surface area contributed by atoms with Gasteiger partial charge in [-0.2, -0.15) is 22.0 Å². The van der Waals surface area contributed by atoms with Gasteiger partial charge in [-0.25, -0.2) is 4.39 Å². The van der Waals surface area contributed by atoms with Crippen LogP contribution >= 0.6 is 0 Å². The summed E-state index contributed by atoms with van der Waals surface area (Å²) in [6.45, 7) is 0. The van der Waals surface area contributed by atoms with E-state index in [0.717, 1.165) is 12.1 Å². The molecule has 3 aromatic carbocycles. The molecule has 4 nitrogen and oxygen atoms in total. The second-order valence-electron chi connectivity index (χ2n) is 6.67. The number of phenolic OH excluding ortho intramolecular Hbond substituents is 1. The highest BCUT2D eigenvalue weighted by atomic mass is 19.4. The first-order valence-corrected chi connectivity index (χ1v) is 8.73. The summed E-state index contributed by atoms with van der Waals surface area (Å²) in [6, 6.07) is 10.6. The van der Waals surface area contributed by atoms with E-state index in [0.29, 0.717) is 30.0 Å². The number of benzene rings is 3. The van der Waals surface area contributed by atoms with Crippen LogP contribution in [0.15, 0.2) is 66.7 Å². The van der Waals surface area contributed by atoms with E-state index in [9.17, 15) is 18.3 Å². The Morgan fingerprint density at radius 1 is 0.774 bits per heavy atom. The van der Waals surface area contributed by atoms with Crippen LogP contribution in [0, 0.1) is 0 Å². The number of hydrogen-bond acceptors (Lipinski definition) is 4. The molecule has 3 aromatic rings. The van der Waals surface area contributed by atoms with Gasteiger partial charge in [0, 0.05) is 11.3 Å². The fraction of sp³-hybridized carbons (Fsp3) is 0.143. The van der Waals surface area contributed by atoms with Crippen LogP contribution < -0.4 is 16.2 Å². The molecule has 0 heterocycles. The molecule has 0 aromatic heterocycles. The van der Waals surface area contributed by atoms with Crippen molar-refractivity contribution >= 4 is 11.4 Å². The van der Waals surface area contributed by atoms with E-state index < -0.39 is 46.1 Å². The summed E-state index contributed by atoms with van der Waals surface area (Å²) in [5.41, 5.74) is 2.53. The Labute approximate surface area is 172 Å². The van der Waals surface area contributed by atoms with Gasteiger partial charge in [-0.15, -0.1) is 0 Å². The summed E-state index contributed by atoms with van der Waals surface area (Å²) < 4.78 is 92.9. The number of aromatic hydroxyl groups is 1. The van der Waals surface area contributed by atoms with Crippen LogP contribution in [0.25, 0.3) is 0 Å². The summed E-state index contributed by atoms with van der Waals surface area (Å²) in [4.78, 5) is 0. The molecule has 31 heavy (non-hydrogen) atoms. The highest BCUT2D eigenvalue weighted by Crippen LogP contribution is 2.59. The zero-order valence-corrected chi connectivity index (χ0v) is 15.6. The number of phenols is 1. The minimum Gasteiger partial charge on any atom is -0.506 e. The monoisotopic (exact) mass is 442 g/mol. The van der Waals surface area contributed by atoms with Gasteiger partial charge in [-0.3, -0.25) is 0 Å². The molecule has 0 saturated heterocycles. The zero-order valence-electron chi connectivity index (χ0n) is 15.6. The van der Waals surface area contributed by atoms with Crippen molar-refractivity contribution in [2.45, 2.75) is 17.8 Å². The molecule has 0 fully saturated rings. The Bertz CT molecular complexity index is 1090. The lowest BCUT2D eigenvalue weighted by Crippen LogP contribution is -2.51. The fourth-order valence-electron chi connectivity index (χ4n) is 2.96. The maximum atomic E-state index is 15.5. The molecule has 0 saturated carbocycles. The first-order chi connectivity index (χ1) is 14.4. The predicted molar refractivity (Wildman–Crippen MR) is 103 cm³/mol. The molecule has 3 rings (SSSR count). The van der Waals surface area contributed by atoms with Gasteiger partial charge < -0.3 is 21.3 Å². The average molecular weight is 442 g/mol. The third kappa shape index (κ3) is 3.80. The van der Waals surface area contributed by atoms with Crippen LogP contribution in [0.3, 0.4) is 0 Å². The van der Waals surface area contributed by atoms with Crippen molar-refractivity contribution in [2.24, 2.45) is 0 Å². The Hall–Kier alpha value is -3.56. The quantitative estimate of drug-likeness (QED) is 0.262. The molecule has 1 atom stereocenters. The molecule has 0 bridgehead atoms. The number of hydrogen-bond donors (Lipinski definition) is 3. The predicted octanol–water partition coefficient (Wildman–Crippen LogP) is 5.87. The lowest BCUT2D eigenvalue weighted by Gasteiger charge is -2.36. The number of nitrogens with two attached hydrogens (primary N) is 2. The first-order valence-electron chi connectivity index (χ1n) is 8.73. The van der Waals surface area contributed by atoms with Crippen molar-refractivity contribution in [2.75, 3.05) is 11.5 Å². The van der Waals surface area contributed by atoms with Gasteiger partial charge in [-0.05, 0) is 48.5 Å². The lowest BCUT2D eigenvalue weighted by atomic mass is 9.83. The van der Waals surface area contributed by atoms with Crippen LogP contribution in [0.2, 0.25) is 0 Å². The average Bonchev–Trinajstić information content (AvgIpc) is 2.70. The topological polar surface area (TPSA) is 81.5 Å². The van der Waals surface area contributed by atoms with Gasteiger partial charge in [0.25, 0.3) is 5.67 Å². The van der Waals surface area contributed by atoms with Crippen LogP contribution in [0.4, 0.5) is 37.7 Å². The van der Waals surface area contributed by atoms with Gasteiger partial charge in [-0.1, -0.05) is 18.2 Å². The molecule has 0 amide bonds. The largest absolute Gasteiger partial charge is 0.506 e. The number of nitrogen functional groups attached to an aromatic ring is 2. The molecule has 0 aliphatic heterocycles. The summed E-state index contributed by atoms with van der Waals surface area (Å²) in [5.74, 6) is -6.50. The molecule has 0 spiro atoms. The molecule has 0 radical (unpaired) electrons. The fourth-order valence-corrected chi connectivity index (χ4v) is 2.96. The van der Waals surface area contributed by atoms with E-state index in [1.165, 1.54) is 30.3 Å². The van der Waals surface area contributed by atoms with Crippen LogP contribution in [0.1, 0.15) is 11.1 Å². The van der Waals surface area contributed by atoms with Gasteiger partial charge in [0.05, 0.1) is 11.3 Å². The Balaban J connectivity index is 2.17. The standard InChI is InChI=1S/C21H16F6N2O2/c22-19(21(25,26)27,12-5-10-17(30)16(29)11-12)20(23,24)15-3-1-2-4-18(15)31-14-8-6-13(28)7-9-14/h1-11,30H,28-29H2. The number of alkyl halides is 6. The molecular formula is C21H16F6N2O2. The van der Waals surface area contributed by atoms with Gasteiger partial charge in [0.1, 0.15) is 17.2 Å². The van der Waals surface area contributed by atoms with Crippen LogP contribution in [-0.2, 0) is 11.6 Å². The van der Waals surface area contributed by atoms with Crippen molar-refractivity contribution in [3.63, 3.8) is 0 Å². The normalized spacial score (nSPS) is 14.1. The van der Waals surface area contributed by atoms with Crippen molar-refractivity contribution in [1.82, 2.24) is 0 Å². The number of anilines is 2. The van der Waals surface area contributed by atoms with E-state index in [-0.39, 0.29) is 5.75 Å². The Morgan fingerprint density at radius 3 is 1.97 bits per heavy atom. The molecule has 1 unspecified atom stereocenters.